The van der Waals surface area contributed by atoms with E-state index in [0.717, 1.165) is 36.7 Å². The average molecular weight is 481 g/mol. The van der Waals surface area contributed by atoms with Crippen LogP contribution in [-0.2, 0) is 4.79 Å². The number of amides is 2. The zero-order chi connectivity index (χ0) is 23.7. The normalized spacial score (nSPS) is 18.9. The number of aromatic nitrogens is 1. The maximum Gasteiger partial charge on any atom is 0.253 e. The number of rotatable bonds is 4. The highest BCUT2D eigenvalue weighted by Crippen LogP contribution is 2.30. The van der Waals surface area contributed by atoms with E-state index in [2.05, 4.69) is 24.0 Å². The van der Waals surface area contributed by atoms with Gasteiger partial charge < -0.3 is 9.80 Å². The van der Waals surface area contributed by atoms with Gasteiger partial charge in [-0.05, 0) is 56.2 Å². The molecule has 2 aliphatic rings. The number of hydrogen-bond donors (Lipinski definition) is 0. The second-order valence-electron chi connectivity index (χ2n) is 9.13. The van der Waals surface area contributed by atoms with Crippen LogP contribution >= 0.6 is 11.3 Å². The van der Waals surface area contributed by atoms with Crippen molar-refractivity contribution in [1.29, 1.82) is 0 Å². The number of carbonyl (C=O) groups excluding carboxylic acids is 2. The average Bonchev–Trinajstić information content (AvgIpc) is 3.32. The number of thiazole rings is 1. The van der Waals surface area contributed by atoms with E-state index in [-0.39, 0.29) is 29.6 Å². The molecule has 8 heteroatoms. The standard InChI is InChI=1S/C26H29FN4O2S/c1-18(24-28-22-4-2-3-5-23(22)34-24)29-14-16-31(17-15-29)26(33)20-10-12-30(13-11-20)25(32)19-6-8-21(27)9-7-19/h2-9,18,20H,10-17H2,1H3. The van der Waals surface area contributed by atoms with Gasteiger partial charge in [0.2, 0.25) is 5.91 Å². The van der Waals surface area contributed by atoms with E-state index in [9.17, 15) is 14.0 Å². The van der Waals surface area contributed by atoms with Crippen molar-refractivity contribution in [2.75, 3.05) is 39.3 Å². The molecular weight excluding hydrogens is 451 g/mol. The number of para-hydroxylation sites is 1. The summed E-state index contributed by atoms with van der Waals surface area (Å²) in [6.07, 6.45) is 1.35. The van der Waals surface area contributed by atoms with Crippen LogP contribution in [0.1, 0.15) is 41.2 Å². The molecule has 1 atom stereocenters. The molecule has 2 amide bonds. The summed E-state index contributed by atoms with van der Waals surface area (Å²) in [7, 11) is 0. The third-order valence-corrected chi connectivity index (χ3v) is 8.27. The second-order valence-corrected chi connectivity index (χ2v) is 10.2. The maximum absolute atomic E-state index is 13.2. The van der Waals surface area contributed by atoms with E-state index in [0.29, 0.717) is 31.5 Å². The quantitative estimate of drug-likeness (QED) is 0.562. The molecule has 0 spiro atoms. The fourth-order valence-corrected chi connectivity index (χ4v) is 5.97. The van der Waals surface area contributed by atoms with Crippen LogP contribution in [0.5, 0.6) is 0 Å². The summed E-state index contributed by atoms with van der Waals surface area (Å²) in [5.74, 6) is -0.273. The number of hydrogen-bond acceptors (Lipinski definition) is 5. The van der Waals surface area contributed by atoms with Crippen LogP contribution < -0.4 is 0 Å². The van der Waals surface area contributed by atoms with E-state index in [4.69, 9.17) is 4.98 Å². The highest BCUT2D eigenvalue weighted by atomic mass is 32.1. The summed E-state index contributed by atoms with van der Waals surface area (Å²) in [6, 6.07) is 14.1. The maximum atomic E-state index is 13.2. The van der Waals surface area contributed by atoms with Crippen molar-refractivity contribution in [3.8, 4) is 0 Å². The van der Waals surface area contributed by atoms with Gasteiger partial charge in [0.15, 0.2) is 0 Å². The molecule has 1 unspecified atom stereocenters. The van der Waals surface area contributed by atoms with Crippen LogP contribution in [0.2, 0.25) is 0 Å². The largest absolute Gasteiger partial charge is 0.340 e. The first-order chi connectivity index (χ1) is 16.5. The summed E-state index contributed by atoms with van der Waals surface area (Å²) < 4.78 is 14.3. The van der Waals surface area contributed by atoms with Crippen molar-refractivity contribution in [3.05, 3.63) is 64.9 Å². The van der Waals surface area contributed by atoms with Crippen LogP contribution in [0.25, 0.3) is 10.2 Å². The fourth-order valence-electron chi connectivity index (χ4n) is 4.92. The molecule has 0 radical (unpaired) electrons. The molecule has 2 fully saturated rings. The molecule has 2 aromatic carbocycles. The van der Waals surface area contributed by atoms with E-state index in [1.54, 1.807) is 16.2 Å². The Balaban J connectivity index is 1.12. The monoisotopic (exact) mass is 480 g/mol. The first-order valence-corrected chi connectivity index (χ1v) is 12.7. The Morgan fingerprint density at radius 1 is 0.941 bits per heavy atom. The summed E-state index contributed by atoms with van der Waals surface area (Å²) in [5, 5.41) is 1.12. The molecular formula is C26H29FN4O2S. The molecule has 0 saturated carbocycles. The van der Waals surface area contributed by atoms with E-state index in [1.807, 2.05) is 17.0 Å². The van der Waals surface area contributed by atoms with E-state index in [1.165, 1.54) is 29.0 Å². The Kier molecular flexibility index (Phi) is 6.61. The Morgan fingerprint density at radius 3 is 2.29 bits per heavy atom. The van der Waals surface area contributed by atoms with Crippen molar-refractivity contribution in [1.82, 2.24) is 19.7 Å². The van der Waals surface area contributed by atoms with Crippen LogP contribution in [0.4, 0.5) is 4.39 Å². The molecule has 2 saturated heterocycles. The van der Waals surface area contributed by atoms with Crippen molar-refractivity contribution in [2.24, 2.45) is 5.92 Å². The van der Waals surface area contributed by atoms with Gasteiger partial charge >= 0.3 is 0 Å². The van der Waals surface area contributed by atoms with Gasteiger partial charge in [0.25, 0.3) is 5.91 Å². The SMILES string of the molecule is CC(c1nc2ccccc2s1)N1CCN(C(=O)C2CCN(C(=O)c3ccc(F)cc3)CC2)CC1. The predicted molar refractivity (Wildman–Crippen MR) is 131 cm³/mol. The van der Waals surface area contributed by atoms with Gasteiger partial charge in [-0.2, -0.15) is 0 Å². The first-order valence-electron chi connectivity index (χ1n) is 11.9. The lowest BCUT2D eigenvalue weighted by atomic mass is 9.94. The minimum absolute atomic E-state index is 0.0366. The molecule has 1 aromatic heterocycles. The second kappa shape index (κ2) is 9.80. The molecule has 3 heterocycles. The minimum atomic E-state index is -0.351. The van der Waals surface area contributed by atoms with Gasteiger partial charge in [-0.3, -0.25) is 14.5 Å². The van der Waals surface area contributed by atoms with Crippen molar-refractivity contribution in [3.63, 3.8) is 0 Å². The number of likely N-dealkylation sites (tertiary alicyclic amines) is 1. The molecule has 0 N–H and O–H groups in total. The highest BCUT2D eigenvalue weighted by molar-refractivity contribution is 7.18. The van der Waals surface area contributed by atoms with Crippen molar-refractivity contribution >= 4 is 33.4 Å². The van der Waals surface area contributed by atoms with Crippen LogP contribution in [-0.4, -0.2) is 70.8 Å². The highest BCUT2D eigenvalue weighted by Gasteiger charge is 2.33. The smallest absolute Gasteiger partial charge is 0.253 e. The third-order valence-electron chi connectivity index (χ3n) is 7.06. The number of piperidine rings is 1. The zero-order valence-electron chi connectivity index (χ0n) is 19.3. The molecule has 0 bridgehead atoms. The van der Waals surface area contributed by atoms with Crippen molar-refractivity contribution < 1.29 is 14.0 Å². The number of benzene rings is 2. The number of halogens is 1. The summed E-state index contributed by atoms with van der Waals surface area (Å²) in [4.78, 5) is 36.8. The lowest BCUT2D eigenvalue weighted by Gasteiger charge is -2.40. The minimum Gasteiger partial charge on any atom is -0.340 e. The van der Waals surface area contributed by atoms with Gasteiger partial charge in [-0.25, -0.2) is 9.37 Å². The van der Waals surface area contributed by atoms with Crippen LogP contribution in [0.15, 0.2) is 48.5 Å². The Labute approximate surface area is 203 Å². The Morgan fingerprint density at radius 2 is 1.62 bits per heavy atom. The predicted octanol–water partition coefficient (Wildman–Crippen LogP) is 4.19. The van der Waals surface area contributed by atoms with E-state index < -0.39 is 0 Å². The van der Waals surface area contributed by atoms with Crippen LogP contribution in [0, 0.1) is 11.7 Å². The lowest BCUT2D eigenvalue weighted by molar-refractivity contribution is -0.139. The molecule has 2 aliphatic heterocycles. The summed E-state index contributed by atoms with van der Waals surface area (Å²) >= 11 is 1.75. The molecule has 5 rings (SSSR count). The molecule has 178 valence electrons. The topological polar surface area (TPSA) is 56.8 Å². The number of carbonyl (C=O) groups is 2. The number of piperazine rings is 1. The summed E-state index contributed by atoms with van der Waals surface area (Å²) in [6.45, 7) is 6.44. The van der Waals surface area contributed by atoms with Gasteiger partial charge in [0.05, 0.1) is 16.3 Å². The van der Waals surface area contributed by atoms with Gasteiger partial charge in [0.1, 0.15) is 10.8 Å². The van der Waals surface area contributed by atoms with Gasteiger partial charge in [-0.1, -0.05) is 12.1 Å². The summed E-state index contributed by atoms with van der Waals surface area (Å²) in [5.41, 5.74) is 1.54. The number of fused-ring (bicyclic) bond motifs is 1. The molecule has 6 nitrogen and oxygen atoms in total. The lowest BCUT2D eigenvalue weighted by Crippen LogP contribution is -2.52. The first kappa shape index (κ1) is 22.9. The van der Waals surface area contributed by atoms with Crippen LogP contribution in [0.3, 0.4) is 0 Å². The zero-order valence-corrected chi connectivity index (χ0v) is 20.1. The number of nitrogens with zero attached hydrogens (tertiary/aromatic N) is 4. The Hall–Kier alpha value is -2.84. The van der Waals surface area contributed by atoms with Gasteiger partial charge in [-0.15, -0.1) is 11.3 Å². The molecule has 0 aliphatic carbocycles. The fraction of sp³-hybridized carbons (Fsp3) is 0.423. The third kappa shape index (κ3) is 4.70. The van der Waals surface area contributed by atoms with Gasteiger partial charge in [0, 0.05) is 50.7 Å². The molecule has 34 heavy (non-hydrogen) atoms. The van der Waals surface area contributed by atoms with E-state index >= 15 is 0 Å². The molecule has 3 aromatic rings. The Bertz CT molecular complexity index is 1130. The van der Waals surface area contributed by atoms with Crippen molar-refractivity contribution in [2.45, 2.75) is 25.8 Å².